The minimum absolute atomic E-state index is 0.0965. The number of phenolic OH excluding ortho intramolecular Hbond substituents is 1. The Kier molecular flexibility index (Phi) is 3.66. The molecule has 0 saturated heterocycles. The van der Waals surface area contributed by atoms with Crippen LogP contribution in [0.15, 0.2) is 54.6 Å². The number of hydrogen-bond acceptors (Lipinski definition) is 3. The predicted molar refractivity (Wildman–Crippen MR) is 74.2 cm³/mol. The maximum atomic E-state index is 11.9. The van der Waals surface area contributed by atoms with Crippen LogP contribution in [-0.2, 0) is 0 Å². The number of carbonyl (C=O) groups excluding carboxylic acids is 1. The van der Waals surface area contributed by atoms with Crippen molar-refractivity contribution in [3.8, 4) is 5.75 Å². The number of rotatable bonds is 3. The van der Waals surface area contributed by atoms with Gasteiger partial charge in [-0.1, -0.05) is 35.9 Å². The highest BCUT2D eigenvalue weighted by atomic mass is 16.3. The Labute approximate surface area is 111 Å². The van der Waals surface area contributed by atoms with Crippen molar-refractivity contribution in [2.45, 2.75) is 6.92 Å². The summed E-state index contributed by atoms with van der Waals surface area (Å²) in [4.78, 5) is 11.9. The molecule has 0 amide bonds. The van der Waals surface area contributed by atoms with Gasteiger partial charge in [0.25, 0.3) is 0 Å². The van der Waals surface area contributed by atoms with E-state index in [1.54, 1.807) is 30.3 Å². The van der Waals surface area contributed by atoms with Gasteiger partial charge in [-0.05, 0) is 25.1 Å². The molecule has 0 aliphatic heterocycles. The molecule has 2 rings (SSSR count). The fourth-order valence-corrected chi connectivity index (χ4v) is 1.77. The summed E-state index contributed by atoms with van der Waals surface area (Å²) in [6.45, 7) is 1.90. The number of phenols is 1. The fourth-order valence-electron chi connectivity index (χ4n) is 1.77. The number of aromatic hydroxyl groups is 1. The van der Waals surface area contributed by atoms with Gasteiger partial charge in [0.15, 0.2) is 5.78 Å². The highest BCUT2D eigenvalue weighted by Gasteiger charge is 2.09. The van der Waals surface area contributed by atoms with Crippen molar-refractivity contribution in [2.75, 3.05) is 0 Å². The third kappa shape index (κ3) is 3.01. The lowest BCUT2D eigenvalue weighted by atomic mass is 10.1. The molecule has 0 aromatic heterocycles. The second-order valence-electron chi connectivity index (χ2n) is 4.28. The highest BCUT2D eigenvalue weighted by molar-refractivity contribution is 6.09. The molecule has 3 nitrogen and oxygen atoms in total. The van der Waals surface area contributed by atoms with Gasteiger partial charge in [-0.2, -0.15) is 0 Å². The van der Waals surface area contributed by atoms with E-state index in [2.05, 4.69) is 0 Å². The summed E-state index contributed by atoms with van der Waals surface area (Å²) in [6.07, 6.45) is 1.11. The summed E-state index contributed by atoms with van der Waals surface area (Å²) in [6, 6.07) is 13.4. The number of aliphatic hydroxyl groups excluding tert-OH is 1. The van der Waals surface area contributed by atoms with Crippen molar-refractivity contribution < 1.29 is 15.0 Å². The zero-order valence-electron chi connectivity index (χ0n) is 10.5. The van der Waals surface area contributed by atoms with Crippen LogP contribution in [0.4, 0.5) is 0 Å². The van der Waals surface area contributed by atoms with Gasteiger partial charge in [0.2, 0.25) is 0 Å². The molecular formula is C16H14O3. The maximum absolute atomic E-state index is 11.9. The van der Waals surface area contributed by atoms with Gasteiger partial charge in [-0.15, -0.1) is 0 Å². The van der Waals surface area contributed by atoms with E-state index in [1.165, 1.54) is 12.1 Å². The standard InChI is InChI=1S/C16H14O3/c1-11-5-4-6-12(9-11)15(18)10-16(19)13-7-2-3-8-14(13)17/h2-10,17-18H,1H3/b15-10-. The molecule has 19 heavy (non-hydrogen) atoms. The molecule has 2 aromatic carbocycles. The van der Waals surface area contributed by atoms with Crippen LogP contribution in [-0.4, -0.2) is 16.0 Å². The summed E-state index contributed by atoms with van der Waals surface area (Å²) >= 11 is 0. The van der Waals surface area contributed by atoms with E-state index >= 15 is 0 Å². The van der Waals surface area contributed by atoms with E-state index in [0.717, 1.165) is 11.6 Å². The average molecular weight is 254 g/mol. The molecule has 3 heteroatoms. The first-order valence-electron chi connectivity index (χ1n) is 5.88. The Hall–Kier alpha value is -2.55. The van der Waals surface area contributed by atoms with Crippen LogP contribution in [0, 0.1) is 6.92 Å². The molecule has 96 valence electrons. The number of para-hydroxylation sites is 1. The monoisotopic (exact) mass is 254 g/mol. The van der Waals surface area contributed by atoms with Crippen LogP contribution in [0.25, 0.3) is 5.76 Å². The van der Waals surface area contributed by atoms with Gasteiger partial charge in [0.05, 0.1) is 5.56 Å². The van der Waals surface area contributed by atoms with E-state index in [0.29, 0.717) is 5.56 Å². The molecule has 0 aliphatic rings. The second-order valence-corrected chi connectivity index (χ2v) is 4.28. The Morgan fingerprint density at radius 3 is 2.53 bits per heavy atom. The Morgan fingerprint density at radius 1 is 1.11 bits per heavy atom. The zero-order valence-corrected chi connectivity index (χ0v) is 10.5. The van der Waals surface area contributed by atoms with E-state index in [9.17, 15) is 15.0 Å². The molecule has 2 N–H and O–H groups in total. The van der Waals surface area contributed by atoms with Gasteiger partial charge in [-0.25, -0.2) is 0 Å². The van der Waals surface area contributed by atoms with Gasteiger partial charge < -0.3 is 10.2 Å². The van der Waals surface area contributed by atoms with Gasteiger partial charge in [0, 0.05) is 11.6 Å². The van der Waals surface area contributed by atoms with Crippen molar-refractivity contribution >= 4 is 11.5 Å². The third-order valence-corrected chi connectivity index (χ3v) is 2.75. The van der Waals surface area contributed by atoms with Crippen molar-refractivity contribution in [3.63, 3.8) is 0 Å². The highest BCUT2D eigenvalue weighted by Crippen LogP contribution is 2.19. The number of aryl methyl sites for hydroxylation is 1. The van der Waals surface area contributed by atoms with Crippen LogP contribution in [0.3, 0.4) is 0 Å². The van der Waals surface area contributed by atoms with E-state index in [4.69, 9.17) is 0 Å². The Balaban J connectivity index is 2.31. The molecular weight excluding hydrogens is 240 g/mol. The number of allylic oxidation sites excluding steroid dienone is 1. The Morgan fingerprint density at radius 2 is 1.84 bits per heavy atom. The summed E-state index contributed by atoms with van der Waals surface area (Å²) in [7, 11) is 0. The van der Waals surface area contributed by atoms with E-state index in [1.807, 2.05) is 13.0 Å². The largest absolute Gasteiger partial charge is 0.507 e. The van der Waals surface area contributed by atoms with Crippen LogP contribution >= 0.6 is 0 Å². The van der Waals surface area contributed by atoms with Crippen LogP contribution in [0.2, 0.25) is 0 Å². The molecule has 2 aromatic rings. The van der Waals surface area contributed by atoms with Crippen molar-refractivity contribution in [3.05, 3.63) is 71.3 Å². The number of benzene rings is 2. The molecule has 0 saturated carbocycles. The minimum Gasteiger partial charge on any atom is -0.507 e. The molecule has 0 unspecified atom stereocenters. The summed E-state index contributed by atoms with van der Waals surface area (Å²) in [5.74, 6) is -0.644. The minimum atomic E-state index is -0.433. The number of hydrogen-bond donors (Lipinski definition) is 2. The average Bonchev–Trinajstić information content (AvgIpc) is 2.39. The molecule has 0 aliphatic carbocycles. The third-order valence-electron chi connectivity index (χ3n) is 2.75. The van der Waals surface area contributed by atoms with Crippen LogP contribution in [0.5, 0.6) is 5.75 Å². The summed E-state index contributed by atoms with van der Waals surface area (Å²) < 4.78 is 0. The van der Waals surface area contributed by atoms with Gasteiger partial charge in [-0.3, -0.25) is 4.79 Å². The molecule has 0 bridgehead atoms. The van der Waals surface area contributed by atoms with Crippen molar-refractivity contribution in [1.29, 1.82) is 0 Å². The summed E-state index contributed by atoms with van der Waals surface area (Å²) in [5, 5.41) is 19.5. The zero-order chi connectivity index (χ0) is 13.8. The first kappa shape index (κ1) is 12.9. The smallest absolute Gasteiger partial charge is 0.193 e. The fraction of sp³-hybridized carbons (Fsp3) is 0.0625. The lowest BCUT2D eigenvalue weighted by molar-refractivity contribution is 0.104. The first-order valence-corrected chi connectivity index (χ1v) is 5.88. The van der Waals surface area contributed by atoms with E-state index in [-0.39, 0.29) is 17.1 Å². The van der Waals surface area contributed by atoms with Gasteiger partial charge in [0.1, 0.15) is 11.5 Å². The topological polar surface area (TPSA) is 57.5 Å². The lowest BCUT2D eigenvalue weighted by Gasteiger charge is -2.03. The number of ketones is 1. The first-order chi connectivity index (χ1) is 9.08. The molecule has 0 heterocycles. The molecule has 0 fully saturated rings. The second kappa shape index (κ2) is 5.40. The normalized spacial score (nSPS) is 11.3. The lowest BCUT2D eigenvalue weighted by Crippen LogP contribution is -1.97. The number of aliphatic hydroxyl groups is 1. The number of carbonyl (C=O) groups is 1. The van der Waals surface area contributed by atoms with E-state index < -0.39 is 5.78 Å². The SMILES string of the molecule is Cc1cccc(/C(O)=C/C(=O)c2ccccc2O)c1. The van der Waals surface area contributed by atoms with Crippen LogP contribution < -0.4 is 0 Å². The Bertz CT molecular complexity index is 642. The molecule has 0 atom stereocenters. The van der Waals surface area contributed by atoms with Crippen molar-refractivity contribution in [2.24, 2.45) is 0 Å². The van der Waals surface area contributed by atoms with Crippen molar-refractivity contribution in [1.82, 2.24) is 0 Å². The van der Waals surface area contributed by atoms with Gasteiger partial charge >= 0.3 is 0 Å². The predicted octanol–water partition coefficient (Wildman–Crippen LogP) is 3.48. The molecule has 0 spiro atoms. The molecule has 0 radical (unpaired) electrons. The quantitative estimate of drug-likeness (QED) is 0.501. The van der Waals surface area contributed by atoms with Crippen LogP contribution in [0.1, 0.15) is 21.5 Å². The maximum Gasteiger partial charge on any atom is 0.193 e. The summed E-state index contributed by atoms with van der Waals surface area (Å²) in [5.41, 5.74) is 1.73.